The van der Waals surface area contributed by atoms with E-state index in [-0.39, 0.29) is 27.0 Å². The largest absolute Gasteiger partial charge is 0.396 e. The van der Waals surface area contributed by atoms with E-state index in [1.165, 1.54) is 12.1 Å². The van der Waals surface area contributed by atoms with Gasteiger partial charge in [-0.05, 0) is 37.8 Å². The Morgan fingerprint density at radius 2 is 0.871 bits per heavy atom. The Morgan fingerprint density at radius 3 is 0.968 bits per heavy atom. The number of aliphatic hydroxyl groups is 4. The summed E-state index contributed by atoms with van der Waals surface area (Å²) in [7, 11) is -4.02. The second-order valence-electron chi connectivity index (χ2n) is 6.19. The van der Waals surface area contributed by atoms with Gasteiger partial charge in [-0.25, -0.2) is 0 Å². The minimum Gasteiger partial charge on any atom is -0.396 e. The first-order chi connectivity index (χ1) is 14.3. The smallest absolute Gasteiger partial charge is 0.356 e. The molecule has 0 radical (unpaired) electrons. The van der Waals surface area contributed by atoms with E-state index in [0.29, 0.717) is 26.4 Å². The van der Waals surface area contributed by atoms with Crippen LogP contribution in [0.15, 0.2) is 30.3 Å². The van der Waals surface area contributed by atoms with Gasteiger partial charge in [-0.2, -0.15) is 0 Å². The SMILES string of the molecule is CCCCO.CCCCO.CCCCO.CCCCO.O=P(O)(O)c1ccccc1.[Ti]. The molecule has 0 fully saturated rings. The van der Waals surface area contributed by atoms with Gasteiger partial charge in [-0.1, -0.05) is 71.6 Å². The van der Waals surface area contributed by atoms with E-state index in [4.69, 9.17) is 30.2 Å². The van der Waals surface area contributed by atoms with Gasteiger partial charge in [-0.15, -0.1) is 0 Å². The van der Waals surface area contributed by atoms with E-state index in [2.05, 4.69) is 27.7 Å². The summed E-state index contributed by atoms with van der Waals surface area (Å²) in [5.74, 6) is 0. The van der Waals surface area contributed by atoms with Crippen molar-refractivity contribution < 1.29 is 56.5 Å². The Morgan fingerprint density at radius 1 is 0.613 bits per heavy atom. The van der Waals surface area contributed by atoms with Gasteiger partial charge in [0.15, 0.2) is 0 Å². The fraction of sp³-hybridized carbons (Fsp3) is 0.727. The number of hydrogen-bond acceptors (Lipinski definition) is 5. The molecule has 1 aromatic carbocycles. The van der Waals surface area contributed by atoms with E-state index in [1.807, 2.05) is 0 Å². The molecule has 6 N–H and O–H groups in total. The van der Waals surface area contributed by atoms with Crippen LogP contribution in [0.2, 0.25) is 0 Å². The Labute approximate surface area is 205 Å². The monoisotopic (exact) mass is 502 g/mol. The molecule has 7 nitrogen and oxygen atoms in total. The zero-order valence-corrected chi connectivity index (χ0v) is 22.4. The first-order valence-corrected chi connectivity index (χ1v) is 12.4. The molecule has 0 aliphatic heterocycles. The summed E-state index contributed by atoms with van der Waals surface area (Å²) >= 11 is 0. The molecule has 9 heteroatoms. The maximum atomic E-state index is 10.5. The zero-order chi connectivity index (χ0) is 24.1. The molecule has 186 valence electrons. The molecule has 0 amide bonds. The van der Waals surface area contributed by atoms with E-state index < -0.39 is 7.60 Å². The van der Waals surface area contributed by atoms with Gasteiger partial charge in [0, 0.05) is 48.1 Å². The van der Waals surface area contributed by atoms with Gasteiger partial charge in [-0.3, -0.25) is 4.57 Å². The first-order valence-electron chi connectivity index (χ1n) is 10.8. The summed E-state index contributed by atoms with van der Waals surface area (Å²) in [6.07, 6.45) is 8.15. The predicted molar refractivity (Wildman–Crippen MR) is 126 cm³/mol. The third-order valence-electron chi connectivity index (χ3n) is 3.14. The summed E-state index contributed by atoms with van der Waals surface area (Å²) in [6.45, 7) is 9.58. The average Bonchev–Trinajstić information content (AvgIpc) is 2.72. The molecule has 0 aliphatic rings. The van der Waals surface area contributed by atoms with Crippen LogP contribution < -0.4 is 5.30 Å². The molecule has 0 spiro atoms. The van der Waals surface area contributed by atoms with Gasteiger partial charge in [0.1, 0.15) is 0 Å². The van der Waals surface area contributed by atoms with E-state index in [1.54, 1.807) is 18.2 Å². The van der Waals surface area contributed by atoms with E-state index in [9.17, 15) is 4.57 Å². The van der Waals surface area contributed by atoms with Crippen molar-refractivity contribution in [2.45, 2.75) is 79.1 Å². The number of aliphatic hydroxyl groups excluding tert-OH is 4. The normalized spacial score (nSPS) is 9.10. The van der Waals surface area contributed by atoms with Gasteiger partial charge in [0.25, 0.3) is 0 Å². The Hall–Kier alpha value is -0.0757. The van der Waals surface area contributed by atoms with Crippen LogP contribution >= 0.6 is 7.60 Å². The standard InChI is InChI=1S/C6H7O3P.4C4H10O.Ti/c7-10(8,9)6-4-2-1-3-5-6;4*1-2-3-4-5;/h1-5H,(H2,7,8,9);4*5H,2-4H2,1H3;. The second kappa shape index (κ2) is 37.3. The number of unbranched alkanes of at least 4 members (excludes halogenated alkanes) is 4. The maximum absolute atomic E-state index is 10.5. The molecule has 0 aliphatic carbocycles. The van der Waals surface area contributed by atoms with Crippen LogP contribution in [0.3, 0.4) is 0 Å². The third kappa shape index (κ3) is 48.5. The van der Waals surface area contributed by atoms with Crippen molar-refractivity contribution in [2.75, 3.05) is 26.4 Å². The topological polar surface area (TPSA) is 138 Å². The molecule has 1 aromatic rings. The van der Waals surface area contributed by atoms with Crippen molar-refractivity contribution in [1.29, 1.82) is 0 Å². The van der Waals surface area contributed by atoms with Gasteiger partial charge >= 0.3 is 7.60 Å². The second-order valence-corrected chi connectivity index (χ2v) is 7.79. The number of hydrogen-bond donors (Lipinski definition) is 6. The Balaban J connectivity index is -0.0000000946. The van der Waals surface area contributed by atoms with Crippen molar-refractivity contribution in [3.05, 3.63) is 30.3 Å². The molecule has 0 saturated carbocycles. The van der Waals surface area contributed by atoms with Crippen molar-refractivity contribution in [2.24, 2.45) is 0 Å². The predicted octanol–water partition coefficient (Wildman–Crippen LogP) is 3.60. The quantitative estimate of drug-likeness (QED) is 0.224. The van der Waals surface area contributed by atoms with Gasteiger partial charge in [0.05, 0.1) is 5.30 Å². The first kappa shape index (κ1) is 41.2. The molecule has 0 heterocycles. The fourth-order valence-electron chi connectivity index (χ4n) is 1.25. The van der Waals surface area contributed by atoms with Crippen molar-refractivity contribution in [3.8, 4) is 0 Å². The van der Waals surface area contributed by atoms with Crippen LogP contribution in [0.5, 0.6) is 0 Å². The van der Waals surface area contributed by atoms with Crippen molar-refractivity contribution in [3.63, 3.8) is 0 Å². The third-order valence-corrected chi connectivity index (χ3v) is 4.11. The van der Waals surface area contributed by atoms with Crippen LogP contribution in [0.1, 0.15) is 79.1 Å². The van der Waals surface area contributed by atoms with Crippen LogP contribution in [-0.2, 0) is 26.3 Å². The molecule has 0 bridgehead atoms. The minimum atomic E-state index is -4.02. The molecule has 0 aromatic heterocycles. The fourth-order valence-corrected chi connectivity index (χ4v) is 1.82. The van der Waals surface area contributed by atoms with Gasteiger partial charge < -0.3 is 30.2 Å². The Kier molecular flexibility index (Phi) is 49.5. The van der Waals surface area contributed by atoms with Crippen molar-refractivity contribution in [1.82, 2.24) is 0 Å². The molecular weight excluding hydrogens is 455 g/mol. The summed E-state index contributed by atoms with van der Waals surface area (Å²) in [6, 6.07) is 7.70. The van der Waals surface area contributed by atoms with E-state index >= 15 is 0 Å². The minimum absolute atomic E-state index is 0. The summed E-state index contributed by atoms with van der Waals surface area (Å²) in [4.78, 5) is 17.2. The average molecular weight is 502 g/mol. The summed E-state index contributed by atoms with van der Waals surface area (Å²) in [5.41, 5.74) is 0. The molecule has 1 rings (SSSR count). The van der Waals surface area contributed by atoms with E-state index in [0.717, 1.165) is 51.4 Å². The van der Waals surface area contributed by atoms with Crippen LogP contribution in [0, 0.1) is 0 Å². The molecule has 31 heavy (non-hydrogen) atoms. The molecule has 0 atom stereocenters. The number of benzene rings is 1. The molecule has 0 saturated heterocycles. The summed E-state index contributed by atoms with van der Waals surface area (Å²) < 4.78 is 10.5. The molecule has 0 unspecified atom stereocenters. The number of rotatable bonds is 9. The Bertz CT molecular complexity index is 399. The van der Waals surface area contributed by atoms with Crippen LogP contribution in [0.25, 0.3) is 0 Å². The van der Waals surface area contributed by atoms with Crippen LogP contribution in [0.4, 0.5) is 0 Å². The van der Waals surface area contributed by atoms with Crippen LogP contribution in [-0.4, -0.2) is 56.6 Å². The molecular formula is C22H47O7PTi. The summed E-state index contributed by atoms with van der Waals surface area (Å²) in [5, 5.41) is 32.3. The zero-order valence-electron chi connectivity index (χ0n) is 19.9. The van der Waals surface area contributed by atoms with Crippen molar-refractivity contribution >= 4 is 12.9 Å². The maximum Gasteiger partial charge on any atom is 0.356 e. The van der Waals surface area contributed by atoms with Gasteiger partial charge in [0.2, 0.25) is 0 Å².